The summed E-state index contributed by atoms with van der Waals surface area (Å²) >= 11 is 0. The molecule has 44 heavy (non-hydrogen) atoms. The molecule has 0 bridgehead atoms. The summed E-state index contributed by atoms with van der Waals surface area (Å²) in [7, 11) is 0. The quantitative estimate of drug-likeness (QED) is 0.162. The first-order valence-electron chi connectivity index (χ1n) is 14.7. The molecule has 4 N–H and O–H groups in total. The molecule has 3 aromatic carbocycles. The minimum atomic E-state index is -0.972. The molecule has 9 nitrogen and oxygen atoms in total. The van der Waals surface area contributed by atoms with Crippen LogP contribution < -0.4 is 10.1 Å². The van der Waals surface area contributed by atoms with Gasteiger partial charge in [-0.2, -0.15) is 0 Å². The molecular formula is C35H45NO8. The summed E-state index contributed by atoms with van der Waals surface area (Å²) in [4.78, 5) is 43.2. The zero-order valence-corrected chi connectivity index (χ0v) is 26.4. The van der Waals surface area contributed by atoms with E-state index in [9.17, 15) is 19.2 Å². The van der Waals surface area contributed by atoms with Crippen molar-refractivity contribution in [2.75, 3.05) is 11.9 Å². The molecule has 0 spiro atoms. The first kappa shape index (κ1) is 37.4. The Balaban J connectivity index is 0.000000332. The van der Waals surface area contributed by atoms with Crippen molar-refractivity contribution in [3.8, 4) is 5.75 Å². The Morgan fingerprint density at radius 1 is 0.705 bits per heavy atom. The van der Waals surface area contributed by atoms with E-state index < -0.39 is 17.9 Å². The SMILES string of the molecule is CCC(C)C(=O)Nc1ccc(C(=O)O)cc1.CCC(C)c1ccc(OCC(=O)O)cc1.CCC(C)c1ccccc1C(=O)O. The van der Waals surface area contributed by atoms with Crippen LogP contribution in [-0.2, 0) is 9.59 Å². The summed E-state index contributed by atoms with van der Waals surface area (Å²) in [6.07, 6.45) is 2.83. The molecule has 0 saturated heterocycles. The van der Waals surface area contributed by atoms with Gasteiger partial charge in [0.25, 0.3) is 0 Å². The topological polar surface area (TPSA) is 150 Å². The highest BCUT2D eigenvalue weighted by atomic mass is 16.5. The maximum atomic E-state index is 11.5. The van der Waals surface area contributed by atoms with Crippen LogP contribution in [0.4, 0.5) is 5.69 Å². The van der Waals surface area contributed by atoms with Gasteiger partial charge in [0.05, 0.1) is 11.1 Å². The van der Waals surface area contributed by atoms with Crippen LogP contribution in [0.3, 0.4) is 0 Å². The highest BCUT2D eigenvalue weighted by Crippen LogP contribution is 2.23. The van der Waals surface area contributed by atoms with Gasteiger partial charge in [0.15, 0.2) is 6.61 Å². The lowest BCUT2D eigenvalue weighted by Gasteiger charge is -2.11. The number of benzene rings is 3. The average Bonchev–Trinajstić information content (AvgIpc) is 3.03. The third-order valence-corrected chi connectivity index (χ3v) is 7.22. The van der Waals surface area contributed by atoms with Crippen molar-refractivity contribution in [2.24, 2.45) is 5.92 Å². The molecular weight excluding hydrogens is 562 g/mol. The summed E-state index contributed by atoms with van der Waals surface area (Å²) in [6, 6.07) is 20.9. The minimum Gasteiger partial charge on any atom is -0.482 e. The van der Waals surface area contributed by atoms with Crippen molar-refractivity contribution >= 4 is 29.5 Å². The van der Waals surface area contributed by atoms with Gasteiger partial charge in [-0.25, -0.2) is 14.4 Å². The number of rotatable bonds is 12. The highest BCUT2D eigenvalue weighted by molar-refractivity contribution is 5.93. The number of hydrogen-bond acceptors (Lipinski definition) is 5. The van der Waals surface area contributed by atoms with Gasteiger partial charge < -0.3 is 25.4 Å². The smallest absolute Gasteiger partial charge is 0.341 e. The molecule has 0 aliphatic carbocycles. The zero-order chi connectivity index (χ0) is 33.2. The normalized spacial score (nSPS) is 12.1. The van der Waals surface area contributed by atoms with Crippen LogP contribution in [0.15, 0.2) is 72.8 Å². The van der Waals surface area contributed by atoms with Gasteiger partial charge in [-0.3, -0.25) is 4.79 Å². The van der Waals surface area contributed by atoms with Gasteiger partial charge in [0, 0.05) is 11.6 Å². The molecule has 3 atom stereocenters. The second-order valence-electron chi connectivity index (χ2n) is 10.4. The molecule has 3 aromatic rings. The van der Waals surface area contributed by atoms with Crippen molar-refractivity contribution < 1.29 is 39.2 Å². The summed E-state index contributed by atoms with van der Waals surface area (Å²) < 4.78 is 5.04. The molecule has 0 aliphatic heterocycles. The Labute approximate surface area is 259 Å². The summed E-state index contributed by atoms with van der Waals surface area (Å²) in [5.74, 6) is -1.42. The number of amides is 1. The van der Waals surface area contributed by atoms with Crippen molar-refractivity contribution in [1.29, 1.82) is 0 Å². The monoisotopic (exact) mass is 607 g/mol. The maximum Gasteiger partial charge on any atom is 0.341 e. The Bertz CT molecular complexity index is 1340. The van der Waals surface area contributed by atoms with Crippen LogP contribution in [-0.4, -0.2) is 45.7 Å². The Kier molecular flexibility index (Phi) is 16.6. The molecule has 0 aromatic heterocycles. The molecule has 238 valence electrons. The van der Waals surface area contributed by atoms with Crippen molar-refractivity contribution in [3.63, 3.8) is 0 Å². The zero-order valence-electron chi connectivity index (χ0n) is 26.4. The van der Waals surface area contributed by atoms with Gasteiger partial charge in [-0.05, 0) is 84.7 Å². The average molecular weight is 608 g/mol. The van der Waals surface area contributed by atoms with E-state index in [4.69, 9.17) is 20.1 Å². The summed E-state index contributed by atoms with van der Waals surface area (Å²) in [5.41, 5.74) is 3.44. The number of carbonyl (C=O) groups is 4. The van der Waals surface area contributed by atoms with E-state index in [2.05, 4.69) is 26.1 Å². The third kappa shape index (κ3) is 13.1. The number of ether oxygens (including phenoxy) is 1. The molecule has 0 fully saturated rings. The predicted molar refractivity (Wildman–Crippen MR) is 172 cm³/mol. The first-order chi connectivity index (χ1) is 20.8. The maximum absolute atomic E-state index is 11.5. The van der Waals surface area contributed by atoms with Gasteiger partial charge in [0.1, 0.15) is 5.75 Å². The third-order valence-electron chi connectivity index (χ3n) is 7.22. The van der Waals surface area contributed by atoms with Gasteiger partial charge in [-0.15, -0.1) is 0 Å². The van der Waals surface area contributed by atoms with Crippen LogP contribution in [0.2, 0.25) is 0 Å². The largest absolute Gasteiger partial charge is 0.482 e. The highest BCUT2D eigenvalue weighted by Gasteiger charge is 2.13. The molecule has 0 radical (unpaired) electrons. The lowest BCUT2D eigenvalue weighted by atomic mass is 9.94. The van der Waals surface area contributed by atoms with Gasteiger partial charge in [-0.1, -0.05) is 71.9 Å². The van der Waals surface area contributed by atoms with E-state index in [1.807, 2.05) is 57.2 Å². The number of anilines is 1. The molecule has 3 rings (SSSR count). The van der Waals surface area contributed by atoms with Crippen molar-refractivity contribution in [3.05, 3.63) is 95.1 Å². The second-order valence-corrected chi connectivity index (χ2v) is 10.4. The summed E-state index contributed by atoms with van der Waals surface area (Å²) in [6.45, 7) is 11.9. The predicted octanol–water partition coefficient (Wildman–Crippen LogP) is 7.93. The fourth-order valence-corrected chi connectivity index (χ4v) is 3.76. The lowest BCUT2D eigenvalue weighted by molar-refractivity contribution is -0.139. The number of nitrogens with one attached hydrogen (secondary N) is 1. The number of aliphatic carboxylic acids is 1. The van der Waals surface area contributed by atoms with Crippen LogP contribution in [0, 0.1) is 5.92 Å². The number of carbonyl (C=O) groups excluding carboxylic acids is 1. The number of aromatic carboxylic acids is 2. The molecule has 1 amide bonds. The van der Waals surface area contributed by atoms with E-state index in [0.717, 1.165) is 24.8 Å². The van der Waals surface area contributed by atoms with Crippen LogP contribution >= 0.6 is 0 Å². The first-order valence-corrected chi connectivity index (χ1v) is 14.7. The second kappa shape index (κ2) is 19.5. The van der Waals surface area contributed by atoms with Gasteiger partial charge >= 0.3 is 17.9 Å². The fraction of sp³-hybridized carbons (Fsp3) is 0.371. The van der Waals surface area contributed by atoms with Crippen LogP contribution in [0.25, 0.3) is 0 Å². The van der Waals surface area contributed by atoms with Gasteiger partial charge in [0.2, 0.25) is 5.91 Å². The van der Waals surface area contributed by atoms with Crippen LogP contribution in [0.1, 0.15) is 104 Å². The molecule has 0 saturated carbocycles. The molecule has 0 aliphatic rings. The Morgan fingerprint density at radius 3 is 1.75 bits per heavy atom. The number of carboxylic acids is 3. The van der Waals surface area contributed by atoms with E-state index in [0.29, 0.717) is 28.8 Å². The van der Waals surface area contributed by atoms with Crippen molar-refractivity contribution in [1.82, 2.24) is 0 Å². The number of hydrogen-bond donors (Lipinski definition) is 4. The minimum absolute atomic E-state index is 0.0425. The van der Waals surface area contributed by atoms with E-state index >= 15 is 0 Å². The number of carboxylic acid groups (broad SMARTS) is 3. The Morgan fingerprint density at radius 2 is 1.27 bits per heavy atom. The lowest BCUT2D eigenvalue weighted by Crippen LogP contribution is -2.19. The summed E-state index contributed by atoms with van der Waals surface area (Å²) in [5, 5.41) is 28.8. The molecule has 9 heteroatoms. The fourth-order valence-electron chi connectivity index (χ4n) is 3.76. The van der Waals surface area contributed by atoms with Crippen LogP contribution in [0.5, 0.6) is 5.75 Å². The Hall–Kier alpha value is -4.66. The molecule has 0 heterocycles. The standard InChI is InChI=1S/C12H15NO3.C12H16O3.C11H14O2/c1-3-8(2)11(14)13-10-6-4-9(5-7-10)12(15)16;1-3-9(2)10-4-6-11(7-5-10)15-8-12(13)14;1-3-8(2)9-6-4-5-7-10(9)11(12)13/h4-8H,3H2,1-2H3,(H,13,14)(H,15,16);4-7,9H,3,8H2,1-2H3,(H,13,14);4-8H,3H2,1-2H3,(H,12,13). The van der Waals surface area contributed by atoms with E-state index in [-0.39, 0.29) is 24.0 Å². The van der Waals surface area contributed by atoms with Crippen molar-refractivity contribution in [2.45, 2.75) is 72.6 Å². The van der Waals surface area contributed by atoms with E-state index in [1.54, 1.807) is 24.3 Å². The van der Waals surface area contributed by atoms with E-state index in [1.165, 1.54) is 17.7 Å². The molecule has 3 unspecified atom stereocenters.